The second-order valence-corrected chi connectivity index (χ2v) is 7.88. The first-order valence-corrected chi connectivity index (χ1v) is 8.83. The monoisotopic (exact) mass is 323 g/mol. The van der Waals surface area contributed by atoms with Crippen LogP contribution in [0.5, 0.6) is 0 Å². The SMILES string of the molecule is Cc1sc2nc(CN3CCCC3C(C)C)nc(Cl)c2c1C. The molecule has 3 heterocycles. The van der Waals surface area contributed by atoms with E-state index in [4.69, 9.17) is 16.6 Å². The minimum atomic E-state index is 0.608. The molecule has 1 aliphatic heterocycles. The molecular formula is C16H22ClN3S. The second kappa shape index (κ2) is 5.82. The first kappa shape index (κ1) is 15.2. The minimum Gasteiger partial charge on any atom is -0.293 e. The summed E-state index contributed by atoms with van der Waals surface area (Å²) in [5, 5.41) is 1.64. The number of thiophene rings is 1. The molecule has 1 saturated heterocycles. The molecular weight excluding hydrogens is 302 g/mol. The fraction of sp³-hybridized carbons (Fsp3) is 0.625. The van der Waals surface area contributed by atoms with Gasteiger partial charge in [0, 0.05) is 10.9 Å². The second-order valence-electron chi connectivity index (χ2n) is 6.32. The molecule has 0 bridgehead atoms. The fourth-order valence-corrected chi connectivity index (χ4v) is 4.73. The third kappa shape index (κ3) is 2.81. The van der Waals surface area contributed by atoms with Crippen molar-refractivity contribution in [3.63, 3.8) is 0 Å². The van der Waals surface area contributed by atoms with Crippen molar-refractivity contribution >= 4 is 33.2 Å². The van der Waals surface area contributed by atoms with Gasteiger partial charge in [0.05, 0.1) is 11.9 Å². The lowest BCUT2D eigenvalue weighted by molar-refractivity contribution is 0.194. The third-order valence-electron chi connectivity index (χ3n) is 4.56. The molecule has 1 unspecified atom stereocenters. The molecule has 0 radical (unpaired) electrons. The van der Waals surface area contributed by atoms with E-state index in [2.05, 4.69) is 37.6 Å². The molecule has 2 aromatic rings. The minimum absolute atomic E-state index is 0.608. The zero-order valence-corrected chi connectivity index (χ0v) is 14.7. The van der Waals surface area contributed by atoms with Gasteiger partial charge in [0.15, 0.2) is 0 Å². The van der Waals surface area contributed by atoms with Gasteiger partial charge in [-0.05, 0) is 44.7 Å². The third-order valence-corrected chi connectivity index (χ3v) is 5.93. The van der Waals surface area contributed by atoms with Crippen molar-refractivity contribution in [1.82, 2.24) is 14.9 Å². The fourth-order valence-electron chi connectivity index (χ4n) is 3.30. The van der Waals surface area contributed by atoms with E-state index in [9.17, 15) is 0 Å². The zero-order chi connectivity index (χ0) is 15.1. The van der Waals surface area contributed by atoms with E-state index in [1.54, 1.807) is 11.3 Å². The first-order valence-electron chi connectivity index (χ1n) is 7.63. The van der Waals surface area contributed by atoms with Crippen molar-refractivity contribution in [2.45, 2.75) is 53.1 Å². The first-order chi connectivity index (χ1) is 9.97. The highest BCUT2D eigenvalue weighted by Crippen LogP contribution is 2.33. The Labute approximate surface area is 135 Å². The van der Waals surface area contributed by atoms with E-state index in [1.807, 2.05) is 0 Å². The molecule has 1 fully saturated rings. The van der Waals surface area contributed by atoms with Crippen LogP contribution in [0.15, 0.2) is 0 Å². The van der Waals surface area contributed by atoms with Crippen molar-refractivity contribution in [1.29, 1.82) is 0 Å². The Kier molecular flexibility index (Phi) is 4.21. The molecule has 114 valence electrons. The van der Waals surface area contributed by atoms with Gasteiger partial charge in [0.1, 0.15) is 15.8 Å². The van der Waals surface area contributed by atoms with Gasteiger partial charge in [-0.1, -0.05) is 25.4 Å². The Morgan fingerprint density at radius 2 is 2.10 bits per heavy atom. The maximum Gasteiger partial charge on any atom is 0.145 e. The summed E-state index contributed by atoms with van der Waals surface area (Å²) in [6.45, 7) is 10.8. The summed E-state index contributed by atoms with van der Waals surface area (Å²) in [5.74, 6) is 1.54. The topological polar surface area (TPSA) is 29.0 Å². The van der Waals surface area contributed by atoms with E-state index >= 15 is 0 Å². The van der Waals surface area contributed by atoms with Gasteiger partial charge in [-0.3, -0.25) is 4.90 Å². The number of hydrogen-bond acceptors (Lipinski definition) is 4. The highest BCUT2D eigenvalue weighted by Gasteiger charge is 2.28. The maximum atomic E-state index is 6.40. The molecule has 0 saturated carbocycles. The van der Waals surface area contributed by atoms with Crippen LogP contribution in [0.2, 0.25) is 5.15 Å². The molecule has 5 heteroatoms. The average Bonchev–Trinajstić information content (AvgIpc) is 2.96. The number of aromatic nitrogens is 2. The summed E-state index contributed by atoms with van der Waals surface area (Å²) in [6, 6.07) is 0.648. The van der Waals surface area contributed by atoms with Gasteiger partial charge in [0.2, 0.25) is 0 Å². The molecule has 2 aromatic heterocycles. The van der Waals surface area contributed by atoms with Crippen LogP contribution in [0.3, 0.4) is 0 Å². The molecule has 0 aliphatic carbocycles. The number of halogens is 1. The summed E-state index contributed by atoms with van der Waals surface area (Å²) in [5.41, 5.74) is 1.22. The van der Waals surface area contributed by atoms with E-state index in [-0.39, 0.29) is 0 Å². The van der Waals surface area contributed by atoms with Crippen molar-refractivity contribution in [2.24, 2.45) is 5.92 Å². The van der Waals surface area contributed by atoms with E-state index in [0.717, 1.165) is 29.1 Å². The van der Waals surface area contributed by atoms with Gasteiger partial charge in [-0.25, -0.2) is 9.97 Å². The van der Waals surface area contributed by atoms with E-state index in [1.165, 1.54) is 23.3 Å². The number of hydrogen-bond donors (Lipinski definition) is 0. The lowest BCUT2D eigenvalue weighted by Gasteiger charge is -2.26. The lowest BCUT2D eigenvalue weighted by Crippen LogP contribution is -2.33. The maximum absolute atomic E-state index is 6.40. The Bertz CT molecular complexity index is 665. The normalized spacial score (nSPS) is 20.0. The number of rotatable bonds is 3. The van der Waals surface area contributed by atoms with Crippen LogP contribution in [-0.2, 0) is 6.54 Å². The van der Waals surface area contributed by atoms with Crippen molar-refractivity contribution in [2.75, 3.05) is 6.54 Å². The molecule has 0 amide bonds. The Morgan fingerprint density at radius 3 is 2.81 bits per heavy atom. The van der Waals surface area contributed by atoms with E-state index in [0.29, 0.717) is 17.1 Å². The molecule has 3 nitrogen and oxygen atoms in total. The smallest absolute Gasteiger partial charge is 0.145 e. The van der Waals surface area contributed by atoms with Crippen LogP contribution in [0.25, 0.3) is 10.2 Å². The lowest BCUT2D eigenvalue weighted by atomic mass is 10.0. The van der Waals surface area contributed by atoms with Crippen LogP contribution in [0, 0.1) is 19.8 Å². The summed E-state index contributed by atoms with van der Waals surface area (Å²) < 4.78 is 0. The number of fused-ring (bicyclic) bond motifs is 1. The Morgan fingerprint density at radius 1 is 1.33 bits per heavy atom. The van der Waals surface area contributed by atoms with Crippen molar-refractivity contribution in [3.05, 3.63) is 21.4 Å². The predicted molar refractivity (Wildman–Crippen MR) is 90.2 cm³/mol. The summed E-state index contributed by atoms with van der Waals surface area (Å²) >= 11 is 8.12. The summed E-state index contributed by atoms with van der Waals surface area (Å²) in [7, 11) is 0. The summed E-state index contributed by atoms with van der Waals surface area (Å²) in [4.78, 5) is 14.1. The highest BCUT2D eigenvalue weighted by atomic mass is 35.5. The molecule has 0 N–H and O–H groups in total. The number of aryl methyl sites for hydroxylation is 2. The highest BCUT2D eigenvalue weighted by molar-refractivity contribution is 7.18. The van der Waals surface area contributed by atoms with Crippen LogP contribution in [0.4, 0.5) is 0 Å². The standard InChI is InChI=1S/C16H22ClN3S/c1-9(2)12-6-5-7-20(12)8-13-18-15(17)14-10(3)11(4)21-16(14)19-13/h9,12H,5-8H2,1-4H3. The number of nitrogens with zero attached hydrogens (tertiary/aromatic N) is 3. The molecule has 0 spiro atoms. The Hall–Kier alpha value is -0.710. The Balaban J connectivity index is 1.91. The molecule has 21 heavy (non-hydrogen) atoms. The van der Waals surface area contributed by atoms with Crippen LogP contribution >= 0.6 is 22.9 Å². The summed E-state index contributed by atoms with van der Waals surface area (Å²) in [6.07, 6.45) is 2.56. The van der Waals surface area contributed by atoms with Crippen molar-refractivity contribution < 1.29 is 0 Å². The quantitative estimate of drug-likeness (QED) is 0.774. The predicted octanol–water partition coefficient (Wildman–Crippen LogP) is 4.58. The zero-order valence-electron chi connectivity index (χ0n) is 13.1. The van der Waals surface area contributed by atoms with Crippen molar-refractivity contribution in [3.8, 4) is 0 Å². The van der Waals surface area contributed by atoms with E-state index < -0.39 is 0 Å². The molecule has 1 aliphatic rings. The molecule has 0 aromatic carbocycles. The van der Waals surface area contributed by atoms with Gasteiger partial charge in [0.25, 0.3) is 0 Å². The van der Waals surface area contributed by atoms with Crippen LogP contribution in [-0.4, -0.2) is 27.5 Å². The largest absolute Gasteiger partial charge is 0.293 e. The molecule has 1 atom stereocenters. The average molecular weight is 324 g/mol. The molecule has 3 rings (SSSR count). The van der Waals surface area contributed by atoms with Crippen LogP contribution in [0.1, 0.15) is 43.0 Å². The van der Waals surface area contributed by atoms with Crippen LogP contribution < -0.4 is 0 Å². The number of likely N-dealkylation sites (tertiary alicyclic amines) is 1. The van der Waals surface area contributed by atoms with Gasteiger partial charge in [-0.2, -0.15) is 0 Å². The van der Waals surface area contributed by atoms with Gasteiger partial charge in [-0.15, -0.1) is 11.3 Å². The van der Waals surface area contributed by atoms with Gasteiger partial charge >= 0.3 is 0 Å². The van der Waals surface area contributed by atoms with Gasteiger partial charge < -0.3 is 0 Å².